The maximum Gasteiger partial charge on any atom is 0.274 e. The van der Waals surface area contributed by atoms with E-state index in [4.69, 9.17) is 4.74 Å². The van der Waals surface area contributed by atoms with Crippen LogP contribution in [-0.4, -0.2) is 97.5 Å². The number of aliphatic hydroxyl groups is 1. The highest BCUT2D eigenvalue weighted by molar-refractivity contribution is 6.02. The van der Waals surface area contributed by atoms with Gasteiger partial charge in [-0.05, 0) is 67.0 Å². The third-order valence-electron chi connectivity index (χ3n) is 12.6. The number of likely N-dealkylation sites (N-methyl/N-ethyl adjacent to an activating group) is 1. The lowest BCUT2D eigenvalue weighted by atomic mass is 9.76. The Kier molecular flexibility index (Phi) is 8.78. The van der Waals surface area contributed by atoms with Gasteiger partial charge >= 0.3 is 0 Å². The van der Waals surface area contributed by atoms with Crippen LogP contribution in [-0.2, 0) is 43.3 Å². The average Bonchev–Trinajstić information content (AvgIpc) is 3.83. The molecule has 274 valence electrons. The fourth-order valence-electron chi connectivity index (χ4n) is 9.75. The number of hydrogen-bond acceptors (Lipinski definition) is 7. The van der Waals surface area contributed by atoms with Crippen molar-refractivity contribution in [2.24, 2.45) is 11.8 Å². The van der Waals surface area contributed by atoms with Crippen molar-refractivity contribution in [3.63, 3.8) is 0 Å². The summed E-state index contributed by atoms with van der Waals surface area (Å²) < 4.78 is 8.92. The standard InChI is InChI=1S/C42H50N4O6/c1-5-30(47)14-10-18-44-25-29-22-34-32(31-15-9-16-33(44)38(29)31)21-28(24-43(34)4)36(48)23-41(26(2)3)40(50)46-35(20-27-12-7-6-8-13-27)39(49)45-19-11-17-37(45)42(46,51)52-41/h6-9,12-13,15-16,21,25-26,28,34-35,37,51H,5,10-11,14,17-20,22-24H2,1-4H3/t28-,34-,35+,37+,41-,42+/m1/s1. The fraction of sp³-hybridized carbons (Fsp3) is 0.524. The Bertz CT molecular complexity index is 1970. The molecule has 3 saturated heterocycles. The topological polar surface area (TPSA) is 112 Å². The van der Waals surface area contributed by atoms with E-state index in [1.165, 1.54) is 15.8 Å². The summed E-state index contributed by atoms with van der Waals surface area (Å²) in [6.45, 7) is 7.40. The summed E-state index contributed by atoms with van der Waals surface area (Å²) in [6, 6.07) is 14.4. The average molecular weight is 707 g/mol. The van der Waals surface area contributed by atoms with Crippen molar-refractivity contribution in [2.75, 3.05) is 20.1 Å². The summed E-state index contributed by atoms with van der Waals surface area (Å²) in [5.74, 6) is -3.45. The molecular formula is C42H50N4O6. The highest BCUT2D eigenvalue weighted by Gasteiger charge is 2.71. The first kappa shape index (κ1) is 34.9. The minimum atomic E-state index is -2.02. The zero-order valence-electron chi connectivity index (χ0n) is 30.7. The number of nitrogens with zero attached hydrogens (tertiary/aromatic N) is 4. The smallest absolute Gasteiger partial charge is 0.274 e. The summed E-state index contributed by atoms with van der Waals surface area (Å²) in [7, 11) is 2.06. The second-order valence-corrected chi connectivity index (χ2v) is 15.9. The summed E-state index contributed by atoms with van der Waals surface area (Å²) in [5, 5.41) is 13.6. The summed E-state index contributed by atoms with van der Waals surface area (Å²) in [5.41, 5.74) is 3.92. The van der Waals surface area contributed by atoms with Crippen LogP contribution in [0.2, 0.25) is 0 Å². The van der Waals surface area contributed by atoms with Crippen LogP contribution in [0.1, 0.15) is 76.0 Å². The summed E-state index contributed by atoms with van der Waals surface area (Å²) >= 11 is 0. The number of hydrogen-bond donors (Lipinski definition) is 1. The molecule has 5 aliphatic rings. The van der Waals surface area contributed by atoms with Gasteiger partial charge in [0.2, 0.25) is 5.91 Å². The molecule has 0 bridgehead atoms. The van der Waals surface area contributed by atoms with Gasteiger partial charge in [0.05, 0.1) is 0 Å². The number of rotatable bonds is 11. The number of piperazine rings is 1. The molecule has 2 amide bonds. The Hall–Kier alpha value is -4.12. The molecule has 2 aromatic carbocycles. The molecule has 3 aromatic rings. The van der Waals surface area contributed by atoms with Crippen molar-refractivity contribution < 1.29 is 29.0 Å². The van der Waals surface area contributed by atoms with Crippen LogP contribution in [0.5, 0.6) is 0 Å². The number of Topliss-reactive ketones (excluding diaryl/α,β-unsaturated/α-hetero) is 2. The molecule has 5 heterocycles. The van der Waals surface area contributed by atoms with Gasteiger partial charge in [-0.15, -0.1) is 0 Å². The number of benzene rings is 2. The number of carbonyl (C=O) groups excluding carboxylic acids is 4. The number of aryl methyl sites for hydroxylation is 1. The number of aromatic nitrogens is 1. The first-order valence-corrected chi connectivity index (χ1v) is 19.1. The van der Waals surface area contributed by atoms with Crippen LogP contribution in [0.4, 0.5) is 0 Å². The van der Waals surface area contributed by atoms with E-state index in [-0.39, 0.29) is 36.4 Å². The van der Waals surface area contributed by atoms with Crippen LogP contribution in [0.3, 0.4) is 0 Å². The molecular weight excluding hydrogens is 656 g/mol. The van der Waals surface area contributed by atoms with E-state index in [9.17, 15) is 24.3 Å². The molecule has 52 heavy (non-hydrogen) atoms. The van der Waals surface area contributed by atoms with Crippen LogP contribution >= 0.6 is 0 Å². The molecule has 0 radical (unpaired) electrons. The number of ketones is 2. The normalized spacial score (nSPS) is 29.8. The minimum Gasteiger partial charge on any atom is -0.347 e. The van der Waals surface area contributed by atoms with Crippen molar-refractivity contribution in [1.82, 2.24) is 19.3 Å². The molecule has 3 fully saturated rings. The summed E-state index contributed by atoms with van der Waals surface area (Å²) in [6.07, 6.45) is 8.38. The zero-order valence-corrected chi connectivity index (χ0v) is 30.7. The second kappa shape index (κ2) is 13.1. The lowest BCUT2D eigenvalue weighted by molar-refractivity contribution is -0.318. The monoisotopic (exact) mass is 706 g/mol. The van der Waals surface area contributed by atoms with E-state index < -0.39 is 41.3 Å². The molecule has 6 atom stereocenters. The highest BCUT2D eigenvalue weighted by Crippen LogP contribution is 2.50. The van der Waals surface area contributed by atoms with E-state index >= 15 is 0 Å². The number of ether oxygens (including phenoxy) is 1. The van der Waals surface area contributed by atoms with Gasteiger partial charge < -0.3 is 19.3 Å². The largest absolute Gasteiger partial charge is 0.347 e. The lowest BCUT2D eigenvalue weighted by Gasteiger charge is -2.49. The third-order valence-corrected chi connectivity index (χ3v) is 12.6. The van der Waals surface area contributed by atoms with Crippen molar-refractivity contribution in [2.45, 2.75) is 108 Å². The van der Waals surface area contributed by atoms with Gasteiger partial charge in [-0.3, -0.25) is 29.0 Å². The Labute approximate surface area is 305 Å². The van der Waals surface area contributed by atoms with Gasteiger partial charge in [0.15, 0.2) is 5.60 Å². The highest BCUT2D eigenvalue weighted by atomic mass is 16.7. The Morgan fingerprint density at radius 1 is 1.08 bits per heavy atom. The quantitative estimate of drug-likeness (QED) is 0.307. The second-order valence-electron chi connectivity index (χ2n) is 15.9. The number of amides is 2. The Morgan fingerprint density at radius 3 is 2.62 bits per heavy atom. The minimum absolute atomic E-state index is 0.107. The number of carbonyl (C=O) groups is 4. The van der Waals surface area contributed by atoms with Crippen LogP contribution in [0, 0.1) is 11.8 Å². The first-order valence-electron chi connectivity index (χ1n) is 19.1. The maximum atomic E-state index is 14.8. The zero-order chi connectivity index (χ0) is 36.5. The predicted octanol–water partition coefficient (Wildman–Crippen LogP) is 4.75. The van der Waals surface area contributed by atoms with Crippen LogP contribution in [0.25, 0.3) is 16.5 Å². The van der Waals surface area contributed by atoms with Gasteiger partial charge in [-0.25, -0.2) is 0 Å². The van der Waals surface area contributed by atoms with E-state index in [0.29, 0.717) is 38.8 Å². The molecule has 0 spiro atoms. The lowest BCUT2D eigenvalue weighted by Crippen LogP contribution is -2.71. The Morgan fingerprint density at radius 2 is 1.87 bits per heavy atom. The molecule has 1 aliphatic carbocycles. The number of fused-ring (bicyclic) bond motifs is 5. The van der Waals surface area contributed by atoms with Gasteiger partial charge in [0.1, 0.15) is 23.7 Å². The van der Waals surface area contributed by atoms with Gasteiger partial charge in [0, 0.05) is 74.4 Å². The van der Waals surface area contributed by atoms with E-state index in [0.717, 1.165) is 41.6 Å². The van der Waals surface area contributed by atoms with Gasteiger partial charge in [-0.2, -0.15) is 0 Å². The molecule has 0 unspecified atom stereocenters. The molecule has 1 aromatic heterocycles. The van der Waals surface area contributed by atoms with Crippen molar-refractivity contribution in [3.05, 3.63) is 77.5 Å². The van der Waals surface area contributed by atoms with E-state index in [1.807, 2.05) is 51.1 Å². The maximum absolute atomic E-state index is 14.8. The summed E-state index contributed by atoms with van der Waals surface area (Å²) in [4.78, 5) is 60.6. The molecule has 10 nitrogen and oxygen atoms in total. The first-order chi connectivity index (χ1) is 25.0. The third kappa shape index (κ3) is 5.39. The molecule has 8 rings (SSSR count). The van der Waals surface area contributed by atoms with Crippen LogP contribution in [0.15, 0.2) is 60.8 Å². The molecule has 1 N–H and O–H groups in total. The van der Waals surface area contributed by atoms with Crippen LogP contribution < -0.4 is 0 Å². The molecule has 4 aliphatic heterocycles. The van der Waals surface area contributed by atoms with Crippen molar-refractivity contribution >= 4 is 39.9 Å². The fourth-order valence-corrected chi connectivity index (χ4v) is 9.75. The van der Waals surface area contributed by atoms with Gasteiger partial charge in [0.25, 0.3) is 11.8 Å². The van der Waals surface area contributed by atoms with Crippen molar-refractivity contribution in [1.29, 1.82) is 0 Å². The van der Waals surface area contributed by atoms with E-state index in [2.05, 4.69) is 47.0 Å². The van der Waals surface area contributed by atoms with E-state index in [1.54, 1.807) is 4.90 Å². The predicted molar refractivity (Wildman–Crippen MR) is 197 cm³/mol. The molecule has 10 heteroatoms. The van der Waals surface area contributed by atoms with Gasteiger partial charge in [-0.1, -0.05) is 69.3 Å². The molecule has 0 saturated carbocycles. The SMILES string of the molecule is CCC(=O)CCCn1cc2c3c(cccc31)C1=C[C@@H](C(=O)C[C@]3(C(C)C)O[C@@]4(O)[C@@H]5CCCN5C(=O)[C@H](Cc5ccccc5)N4C3=O)CN(C)[C@@H]1C2. The van der Waals surface area contributed by atoms with Crippen molar-refractivity contribution in [3.8, 4) is 0 Å². The Balaban J connectivity index is 1.11.